The summed E-state index contributed by atoms with van der Waals surface area (Å²) in [5.41, 5.74) is -3.71. The zero-order valence-corrected chi connectivity index (χ0v) is 43.5. The number of phenolic OH excluding ortho intramolecular Hbond substituents is 1. The van der Waals surface area contributed by atoms with Crippen molar-refractivity contribution in [2.75, 3.05) is 49.5 Å². The molecule has 406 valence electrons. The molecule has 32 nitrogen and oxygen atoms in total. The Labute approximate surface area is 425 Å². The predicted molar refractivity (Wildman–Crippen MR) is 256 cm³/mol. The Morgan fingerprint density at radius 3 is 1.41 bits per heavy atom. The molecule has 5 aromatic rings. The molecule has 0 bridgehead atoms. The third kappa shape index (κ3) is 15.3. The van der Waals surface area contributed by atoms with E-state index in [1.807, 2.05) is 0 Å². The van der Waals surface area contributed by atoms with Crippen molar-refractivity contribution in [3.63, 3.8) is 0 Å². The van der Waals surface area contributed by atoms with Crippen LogP contribution in [0.5, 0.6) is 11.5 Å². The number of sulfone groups is 2. The molecule has 0 unspecified atom stereocenters. The molecule has 8 N–H and O–H groups in total. The van der Waals surface area contributed by atoms with Gasteiger partial charge in [-0.05, 0) is 60.7 Å². The van der Waals surface area contributed by atoms with Gasteiger partial charge < -0.3 is 20.5 Å². The van der Waals surface area contributed by atoms with Crippen molar-refractivity contribution in [2.45, 2.75) is 31.4 Å². The summed E-state index contributed by atoms with van der Waals surface area (Å²) >= 11 is 0. The highest BCUT2D eigenvalue weighted by atomic mass is 32.3. The molecule has 0 aliphatic rings. The van der Waals surface area contributed by atoms with Gasteiger partial charge in [0.15, 0.2) is 25.4 Å². The molecule has 0 radical (unpaired) electrons. The topological polar surface area (TPSA) is 503 Å². The molecule has 75 heavy (non-hydrogen) atoms. The summed E-state index contributed by atoms with van der Waals surface area (Å²) in [7, 11) is -32.8. The summed E-state index contributed by atoms with van der Waals surface area (Å²) in [6.07, 6.45) is 0. The fourth-order valence-corrected chi connectivity index (χ4v) is 11.3. The average molecular weight is 1190 g/mol. The molecule has 5 aromatic carbocycles. The fourth-order valence-electron chi connectivity index (χ4n) is 6.18. The van der Waals surface area contributed by atoms with E-state index in [9.17, 15) is 82.5 Å². The number of nitrogens with zero attached hydrogens (tertiary/aromatic N) is 6. The fraction of sp³-hybridized carbons (Fsp3) is 0.194. The van der Waals surface area contributed by atoms with E-state index in [1.165, 1.54) is 19.2 Å². The van der Waals surface area contributed by atoms with E-state index in [-0.39, 0.29) is 45.0 Å². The van der Waals surface area contributed by atoms with Crippen LogP contribution in [-0.2, 0) is 84.0 Å². The van der Waals surface area contributed by atoms with E-state index in [2.05, 4.69) is 49.7 Å². The van der Waals surface area contributed by atoms with E-state index >= 15 is 0 Å². The first-order chi connectivity index (χ1) is 34.5. The summed E-state index contributed by atoms with van der Waals surface area (Å²) in [4.78, 5) is 7.33. The number of amides is 1. The van der Waals surface area contributed by atoms with Crippen molar-refractivity contribution in [2.24, 2.45) is 30.7 Å². The van der Waals surface area contributed by atoms with E-state index in [1.54, 1.807) is 0 Å². The predicted octanol–water partition coefficient (Wildman–Crippen LogP) is 4.73. The quantitative estimate of drug-likeness (QED) is 0.0343. The van der Waals surface area contributed by atoms with Crippen LogP contribution in [0.1, 0.15) is 6.92 Å². The number of rotatable bonds is 22. The van der Waals surface area contributed by atoms with E-state index in [4.69, 9.17) is 13.8 Å². The molecular weight excluding hydrogens is 1150 g/mol. The lowest BCUT2D eigenvalue weighted by molar-refractivity contribution is -0.114. The number of hydrogen-bond acceptors (Lipinski definition) is 26. The van der Waals surface area contributed by atoms with Crippen LogP contribution in [0.3, 0.4) is 0 Å². The lowest BCUT2D eigenvalue weighted by Crippen LogP contribution is -2.16. The van der Waals surface area contributed by atoms with Crippen molar-refractivity contribution < 1.29 is 105 Å². The van der Waals surface area contributed by atoms with Gasteiger partial charge in [-0.3, -0.25) is 27.6 Å². The highest BCUT2D eigenvalue weighted by molar-refractivity contribution is 7.92. The molecule has 0 atom stereocenters. The van der Waals surface area contributed by atoms with Gasteiger partial charge in [0.1, 0.15) is 54.6 Å². The number of benzene rings is 5. The number of carbonyl (C=O) groups is 1. The minimum absolute atomic E-state index is 0.00132. The smallest absolute Gasteiger partial charge is 0.397 e. The molecule has 0 spiro atoms. The number of anilines is 2. The van der Waals surface area contributed by atoms with Crippen LogP contribution in [0, 0.1) is 0 Å². The summed E-state index contributed by atoms with van der Waals surface area (Å²) in [5, 5.41) is 39.2. The van der Waals surface area contributed by atoms with E-state index in [0.29, 0.717) is 12.1 Å². The third-order valence-corrected chi connectivity index (χ3v) is 16.4. The Morgan fingerprint density at radius 2 is 0.973 bits per heavy atom. The first-order valence-electron chi connectivity index (χ1n) is 19.6. The maximum atomic E-state index is 12.9. The van der Waals surface area contributed by atoms with Crippen LogP contribution in [0.25, 0.3) is 10.8 Å². The number of ether oxygens (including phenoxy) is 1. The Hall–Kier alpha value is -6.60. The molecule has 0 aliphatic heterocycles. The standard InChI is InChI=1S/C36H36N8O24S7/c1-19(45)38-27-17-29(30(66-3)18-28(27)41-39-24-7-4-20(14-31(24)71(51,52)53)69(47,48)12-10-67-74(60,61)62)42-44-35-33(73(57,58)59)16-23-22(36(35)46)6-9-26(37-2)34(23)43-40-25-8-5-21(15-32(25)72(54,55)56)70(49,50)13-11-68-75(63,64)65/h4-9,14-18,37,46H,10-13H2,1-3H3,(H,38,45)(H,51,52,53)(H,54,55,56)(H,57,58,59)(H,60,61,62)(H,63,64,65). The van der Waals surface area contributed by atoms with Gasteiger partial charge in [0.05, 0.1) is 53.0 Å². The van der Waals surface area contributed by atoms with Gasteiger partial charge in [0.2, 0.25) is 5.91 Å². The number of aromatic hydroxyl groups is 1. The second kappa shape index (κ2) is 22.3. The first-order valence-corrected chi connectivity index (χ1v) is 30.0. The summed E-state index contributed by atoms with van der Waals surface area (Å²) < 4.78 is 231. The summed E-state index contributed by atoms with van der Waals surface area (Å²) in [6.45, 7) is -1.13. The molecular formula is C36H36N8O24S7. The lowest BCUT2D eigenvalue weighted by Gasteiger charge is -2.13. The third-order valence-electron chi connectivity index (χ3n) is 9.45. The zero-order chi connectivity index (χ0) is 56.3. The lowest BCUT2D eigenvalue weighted by atomic mass is 10.1. The summed E-state index contributed by atoms with van der Waals surface area (Å²) in [5.74, 6) is -4.24. The van der Waals surface area contributed by atoms with Crippen molar-refractivity contribution in [1.82, 2.24) is 0 Å². The van der Waals surface area contributed by atoms with Crippen LogP contribution < -0.4 is 15.4 Å². The molecule has 1 amide bonds. The molecule has 0 aromatic heterocycles. The number of carbonyl (C=O) groups excluding carboxylic acids is 1. The van der Waals surface area contributed by atoms with Crippen molar-refractivity contribution in [3.8, 4) is 11.5 Å². The van der Waals surface area contributed by atoms with Crippen LogP contribution >= 0.6 is 0 Å². The van der Waals surface area contributed by atoms with E-state index in [0.717, 1.165) is 56.5 Å². The van der Waals surface area contributed by atoms with Gasteiger partial charge in [-0.1, -0.05) is 0 Å². The number of fused-ring (bicyclic) bond motifs is 1. The summed E-state index contributed by atoms with van der Waals surface area (Å²) in [6, 6.07) is 9.30. The van der Waals surface area contributed by atoms with Gasteiger partial charge in [-0.2, -0.15) is 42.1 Å². The molecule has 0 saturated carbocycles. The monoisotopic (exact) mass is 1190 g/mol. The van der Waals surface area contributed by atoms with Gasteiger partial charge in [0, 0.05) is 30.8 Å². The van der Waals surface area contributed by atoms with Crippen LogP contribution in [0.2, 0.25) is 0 Å². The number of methoxy groups -OCH3 is 1. The van der Waals surface area contributed by atoms with Gasteiger partial charge >= 0.3 is 20.8 Å². The number of nitrogens with one attached hydrogen (secondary N) is 2. The van der Waals surface area contributed by atoms with Crippen molar-refractivity contribution in [1.29, 1.82) is 0 Å². The molecule has 0 aliphatic carbocycles. The maximum absolute atomic E-state index is 12.9. The van der Waals surface area contributed by atoms with Crippen LogP contribution in [0.4, 0.5) is 45.5 Å². The Kier molecular flexibility index (Phi) is 17.6. The average Bonchev–Trinajstić information content (AvgIpc) is 3.27. The zero-order valence-electron chi connectivity index (χ0n) is 37.8. The van der Waals surface area contributed by atoms with E-state index < -0.39 is 149 Å². The number of hydrogen-bond donors (Lipinski definition) is 8. The van der Waals surface area contributed by atoms with Gasteiger partial charge in [0.25, 0.3) is 30.4 Å². The minimum Gasteiger partial charge on any atom is -0.505 e. The van der Waals surface area contributed by atoms with Crippen molar-refractivity contribution >= 4 is 133 Å². The second-order valence-electron chi connectivity index (χ2n) is 14.5. The minimum atomic E-state index is -5.41. The first kappa shape index (κ1) is 59.3. The van der Waals surface area contributed by atoms with Gasteiger partial charge in [-0.25, -0.2) is 25.2 Å². The Morgan fingerprint density at radius 1 is 0.520 bits per heavy atom. The van der Waals surface area contributed by atoms with Crippen LogP contribution in [0.15, 0.2) is 122 Å². The van der Waals surface area contributed by atoms with Crippen LogP contribution in [-0.4, -0.2) is 132 Å². The second-order valence-corrected chi connectivity index (χ2v) is 25.1. The van der Waals surface area contributed by atoms with Crippen molar-refractivity contribution in [3.05, 3.63) is 66.7 Å². The largest absolute Gasteiger partial charge is 0.505 e. The highest BCUT2D eigenvalue weighted by Gasteiger charge is 2.28. The molecule has 0 heterocycles. The highest BCUT2D eigenvalue weighted by Crippen LogP contribution is 2.48. The normalized spacial score (nSPS) is 13.3. The Balaban J connectivity index is 1.61. The van der Waals surface area contributed by atoms with Gasteiger partial charge in [-0.15, -0.1) is 30.7 Å². The molecule has 39 heteroatoms. The molecule has 5 rings (SSSR count). The number of phenols is 1. The molecule has 0 saturated heterocycles. The number of azo groups is 3. The Bertz CT molecular complexity index is 4060. The maximum Gasteiger partial charge on any atom is 0.397 e. The SMILES string of the molecule is CNc1ccc2c(O)c(N=Nc3cc(NC(C)=O)c(N=Nc4ccc(S(=O)(=O)CCOS(=O)(=O)O)cc4S(=O)(=O)O)cc3OC)c(S(=O)(=O)O)cc2c1N=Nc1ccc(S(=O)(=O)CCOS(=O)(=O)O)cc1S(=O)(=O)O. The molecule has 0 fully saturated rings.